The largest absolute Gasteiger partial charge is 0.484 e. The van der Waals surface area contributed by atoms with Crippen LogP contribution in [0.1, 0.15) is 21.5 Å². The highest BCUT2D eigenvalue weighted by atomic mass is 19.1. The van der Waals surface area contributed by atoms with Gasteiger partial charge in [-0.25, -0.2) is 4.39 Å². The van der Waals surface area contributed by atoms with Crippen LogP contribution < -0.4 is 10.1 Å². The summed E-state index contributed by atoms with van der Waals surface area (Å²) in [6.45, 7) is 1.78. The van der Waals surface area contributed by atoms with Crippen molar-refractivity contribution in [3.8, 4) is 5.75 Å². The Labute approximate surface area is 168 Å². The minimum absolute atomic E-state index is 0.133. The van der Waals surface area contributed by atoms with Gasteiger partial charge in [-0.15, -0.1) is 0 Å². The van der Waals surface area contributed by atoms with E-state index in [9.17, 15) is 14.0 Å². The van der Waals surface area contributed by atoms with Crippen LogP contribution in [-0.4, -0.2) is 18.3 Å². The number of halogens is 1. The van der Waals surface area contributed by atoms with E-state index in [0.717, 1.165) is 16.8 Å². The van der Waals surface area contributed by atoms with E-state index >= 15 is 0 Å². The lowest BCUT2D eigenvalue weighted by atomic mass is 10.1. The Hall–Kier alpha value is -3.73. The van der Waals surface area contributed by atoms with Crippen LogP contribution in [0, 0.1) is 12.7 Å². The zero-order valence-corrected chi connectivity index (χ0v) is 15.9. The first-order chi connectivity index (χ1) is 14.0. The van der Waals surface area contributed by atoms with Crippen molar-refractivity contribution in [3.05, 3.63) is 101 Å². The molecular formula is C24H20FNO3. The number of aryl methyl sites for hydroxylation is 1. The lowest BCUT2D eigenvalue weighted by Crippen LogP contribution is -2.20. The van der Waals surface area contributed by atoms with E-state index in [4.69, 9.17) is 4.74 Å². The smallest absolute Gasteiger partial charge is 0.262 e. The molecule has 5 heteroatoms. The molecule has 0 atom stereocenters. The van der Waals surface area contributed by atoms with Gasteiger partial charge in [0, 0.05) is 11.3 Å². The molecule has 0 radical (unpaired) electrons. The van der Waals surface area contributed by atoms with Gasteiger partial charge in [-0.1, -0.05) is 36.4 Å². The third kappa shape index (κ3) is 5.87. The van der Waals surface area contributed by atoms with Gasteiger partial charge in [0.15, 0.2) is 12.4 Å². The lowest BCUT2D eigenvalue weighted by molar-refractivity contribution is -0.118. The average Bonchev–Trinajstić information content (AvgIpc) is 2.74. The van der Waals surface area contributed by atoms with Crippen molar-refractivity contribution in [2.45, 2.75) is 6.92 Å². The first-order valence-electron chi connectivity index (χ1n) is 9.07. The van der Waals surface area contributed by atoms with Gasteiger partial charge >= 0.3 is 0 Å². The minimum Gasteiger partial charge on any atom is -0.484 e. The molecule has 0 aliphatic rings. The second-order valence-electron chi connectivity index (χ2n) is 6.43. The summed E-state index contributed by atoms with van der Waals surface area (Å²) in [6.07, 6.45) is 3.06. The van der Waals surface area contributed by atoms with Crippen molar-refractivity contribution in [2.24, 2.45) is 0 Å². The highest BCUT2D eigenvalue weighted by Gasteiger charge is 2.07. The van der Waals surface area contributed by atoms with E-state index < -0.39 is 0 Å². The Morgan fingerprint density at radius 2 is 1.66 bits per heavy atom. The van der Waals surface area contributed by atoms with Crippen molar-refractivity contribution in [1.82, 2.24) is 0 Å². The molecule has 0 aliphatic heterocycles. The van der Waals surface area contributed by atoms with Gasteiger partial charge in [-0.2, -0.15) is 0 Å². The van der Waals surface area contributed by atoms with Gasteiger partial charge in [-0.3, -0.25) is 9.59 Å². The van der Waals surface area contributed by atoms with E-state index in [0.29, 0.717) is 11.3 Å². The summed E-state index contributed by atoms with van der Waals surface area (Å²) in [5.41, 5.74) is 2.94. The number of ether oxygens (including phenoxy) is 1. The number of benzene rings is 3. The van der Waals surface area contributed by atoms with Gasteiger partial charge in [-0.05, 0) is 66.6 Å². The van der Waals surface area contributed by atoms with E-state index in [1.165, 1.54) is 18.2 Å². The molecule has 0 bridgehead atoms. The molecule has 0 aliphatic carbocycles. The number of para-hydroxylation sites is 1. The normalized spacial score (nSPS) is 10.7. The Bertz CT molecular complexity index is 1020. The molecule has 4 nitrogen and oxygen atoms in total. The van der Waals surface area contributed by atoms with E-state index in [2.05, 4.69) is 5.32 Å². The van der Waals surface area contributed by atoms with Gasteiger partial charge < -0.3 is 10.1 Å². The monoisotopic (exact) mass is 389 g/mol. The Kier molecular flexibility index (Phi) is 6.53. The second kappa shape index (κ2) is 9.46. The molecule has 3 aromatic carbocycles. The van der Waals surface area contributed by atoms with Gasteiger partial charge in [0.05, 0.1) is 0 Å². The summed E-state index contributed by atoms with van der Waals surface area (Å²) in [6, 6.07) is 19.9. The van der Waals surface area contributed by atoms with Crippen LogP contribution >= 0.6 is 0 Å². The van der Waals surface area contributed by atoms with Crippen LogP contribution in [0.25, 0.3) is 6.08 Å². The summed E-state index contributed by atoms with van der Waals surface area (Å²) in [7, 11) is 0. The van der Waals surface area contributed by atoms with E-state index in [1.54, 1.807) is 42.5 Å². The number of amides is 1. The summed E-state index contributed by atoms with van der Waals surface area (Å²) < 4.78 is 18.4. The fourth-order valence-electron chi connectivity index (χ4n) is 2.61. The molecule has 3 aromatic rings. The SMILES string of the molecule is Cc1ccccc1NC(=O)COc1ccc(C(=O)/C=C/c2ccc(F)cc2)cc1. The number of anilines is 1. The minimum atomic E-state index is -0.323. The predicted molar refractivity (Wildman–Crippen MR) is 112 cm³/mol. The zero-order valence-electron chi connectivity index (χ0n) is 15.9. The number of carbonyl (C=O) groups excluding carboxylic acids is 2. The van der Waals surface area contributed by atoms with Crippen molar-refractivity contribution < 1.29 is 18.7 Å². The molecule has 1 N–H and O–H groups in total. The topological polar surface area (TPSA) is 55.4 Å². The molecule has 0 unspecified atom stereocenters. The summed E-state index contributed by atoms with van der Waals surface area (Å²) in [4.78, 5) is 24.3. The average molecular weight is 389 g/mol. The molecule has 0 saturated heterocycles. The van der Waals surface area contributed by atoms with Crippen LogP contribution in [0.2, 0.25) is 0 Å². The van der Waals surface area contributed by atoms with Crippen LogP contribution in [0.3, 0.4) is 0 Å². The number of hydrogen-bond donors (Lipinski definition) is 1. The number of ketones is 1. The Morgan fingerprint density at radius 1 is 0.966 bits per heavy atom. The standard InChI is InChI=1S/C24H20FNO3/c1-17-4-2-3-5-22(17)26-24(28)16-29-21-13-9-19(10-14-21)23(27)15-8-18-6-11-20(25)12-7-18/h2-15H,16H2,1H3,(H,26,28)/b15-8+. The first-order valence-corrected chi connectivity index (χ1v) is 9.07. The summed E-state index contributed by atoms with van der Waals surface area (Å²) >= 11 is 0. The molecular weight excluding hydrogens is 369 g/mol. The fraction of sp³-hybridized carbons (Fsp3) is 0.0833. The van der Waals surface area contributed by atoms with Crippen molar-refractivity contribution in [3.63, 3.8) is 0 Å². The highest BCUT2D eigenvalue weighted by Crippen LogP contribution is 2.15. The molecule has 3 rings (SSSR count). The molecule has 29 heavy (non-hydrogen) atoms. The van der Waals surface area contributed by atoms with Gasteiger partial charge in [0.1, 0.15) is 11.6 Å². The summed E-state index contributed by atoms with van der Waals surface area (Å²) in [5, 5.41) is 2.80. The van der Waals surface area contributed by atoms with Gasteiger partial charge in [0.2, 0.25) is 0 Å². The zero-order chi connectivity index (χ0) is 20.6. The lowest BCUT2D eigenvalue weighted by Gasteiger charge is -2.09. The number of hydrogen-bond acceptors (Lipinski definition) is 3. The molecule has 0 fully saturated rings. The second-order valence-corrected chi connectivity index (χ2v) is 6.43. The predicted octanol–water partition coefficient (Wildman–Crippen LogP) is 5.05. The Balaban J connectivity index is 1.53. The van der Waals surface area contributed by atoms with Gasteiger partial charge in [0.25, 0.3) is 5.91 Å². The third-order valence-electron chi connectivity index (χ3n) is 4.23. The highest BCUT2D eigenvalue weighted by molar-refractivity contribution is 6.06. The van der Waals surface area contributed by atoms with Crippen LogP contribution in [0.15, 0.2) is 78.9 Å². The first kappa shape index (κ1) is 20.0. The molecule has 0 aromatic heterocycles. The molecule has 146 valence electrons. The van der Waals surface area contributed by atoms with E-state index in [1.807, 2.05) is 31.2 Å². The fourth-order valence-corrected chi connectivity index (χ4v) is 2.61. The van der Waals surface area contributed by atoms with E-state index in [-0.39, 0.29) is 24.1 Å². The molecule has 0 saturated carbocycles. The molecule has 0 heterocycles. The Morgan fingerprint density at radius 3 is 2.34 bits per heavy atom. The molecule has 1 amide bonds. The quantitative estimate of drug-likeness (QED) is 0.455. The van der Waals surface area contributed by atoms with Crippen LogP contribution in [0.5, 0.6) is 5.75 Å². The third-order valence-corrected chi connectivity index (χ3v) is 4.23. The van der Waals surface area contributed by atoms with Crippen molar-refractivity contribution in [1.29, 1.82) is 0 Å². The number of nitrogens with one attached hydrogen (secondary N) is 1. The maximum absolute atomic E-state index is 12.9. The molecule has 0 spiro atoms. The van der Waals surface area contributed by atoms with Crippen LogP contribution in [-0.2, 0) is 4.79 Å². The van der Waals surface area contributed by atoms with Crippen molar-refractivity contribution in [2.75, 3.05) is 11.9 Å². The maximum Gasteiger partial charge on any atom is 0.262 e. The number of carbonyl (C=O) groups is 2. The van der Waals surface area contributed by atoms with Crippen molar-refractivity contribution >= 4 is 23.5 Å². The number of allylic oxidation sites excluding steroid dienone is 1. The van der Waals surface area contributed by atoms with Crippen LogP contribution in [0.4, 0.5) is 10.1 Å². The maximum atomic E-state index is 12.9. The number of rotatable bonds is 7. The summed E-state index contributed by atoms with van der Waals surface area (Å²) in [5.74, 6) is -0.277.